The lowest BCUT2D eigenvalue weighted by Gasteiger charge is -2.46. The Morgan fingerprint density at radius 2 is 1.38 bits per heavy atom. The van der Waals surface area contributed by atoms with Gasteiger partial charge in [-0.1, -0.05) is 62.9 Å². The molecule has 0 aromatic heterocycles. The van der Waals surface area contributed by atoms with Gasteiger partial charge in [-0.2, -0.15) is 0 Å². The van der Waals surface area contributed by atoms with E-state index in [9.17, 15) is 30.3 Å². The Balaban J connectivity index is 2.12. The quantitative estimate of drug-likeness (QED) is 0.361. The fourth-order valence-electron chi connectivity index (χ4n) is 3.94. The van der Waals surface area contributed by atoms with Gasteiger partial charge < -0.3 is 30.4 Å². The van der Waals surface area contributed by atoms with Gasteiger partial charge in [0, 0.05) is 13.0 Å². The molecule has 6 atom stereocenters. The zero-order valence-corrected chi connectivity index (χ0v) is 17.1. The molecule has 2 unspecified atom stereocenters. The number of amides is 1. The molecule has 1 aliphatic rings. The first-order chi connectivity index (χ1) is 13.9. The molecule has 5 N–H and O–H groups in total. The molecule has 0 saturated heterocycles. The monoisotopic (exact) mass is 409 g/mol. The van der Waals surface area contributed by atoms with Gasteiger partial charge >= 0.3 is 0 Å². The zero-order chi connectivity index (χ0) is 21.4. The van der Waals surface area contributed by atoms with E-state index in [4.69, 9.17) is 0 Å². The summed E-state index contributed by atoms with van der Waals surface area (Å²) in [7, 11) is 0. The van der Waals surface area contributed by atoms with Crippen molar-refractivity contribution >= 4 is 5.91 Å². The van der Waals surface area contributed by atoms with Crippen LogP contribution in [0.25, 0.3) is 0 Å². The molecule has 1 amide bonds. The van der Waals surface area contributed by atoms with E-state index in [0.717, 1.165) is 31.2 Å². The van der Waals surface area contributed by atoms with E-state index >= 15 is 0 Å². The fraction of sp³-hybridized carbons (Fsp3) is 0.682. The van der Waals surface area contributed by atoms with E-state index in [2.05, 4.69) is 6.92 Å². The van der Waals surface area contributed by atoms with Crippen LogP contribution in [-0.2, 0) is 11.2 Å². The number of carbonyl (C=O) groups is 1. The average molecular weight is 410 g/mol. The molecular formula is C22H35NO6. The lowest BCUT2D eigenvalue weighted by molar-refractivity contribution is -0.210. The Morgan fingerprint density at radius 3 is 1.97 bits per heavy atom. The number of nitrogens with zero attached hydrogens (tertiary/aromatic N) is 1. The van der Waals surface area contributed by atoms with Gasteiger partial charge in [-0.3, -0.25) is 4.79 Å². The molecule has 1 aromatic rings. The maximum Gasteiger partial charge on any atom is 0.223 e. The number of hydrogen-bond acceptors (Lipinski definition) is 6. The second kappa shape index (κ2) is 11.6. The van der Waals surface area contributed by atoms with Gasteiger partial charge in [0.1, 0.15) is 30.5 Å². The van der Waals surface area contributed by atoms with Crippen molar-refractivity contribution in [3.05, 3.63) is 35.9 Å². The molecule has 0 radical (unpaired) electrons. The largest absolute Gasteiger partial charge is 0.388 e. The Labute approximate surface area is 172 Å². The highest BCUT2D eigenvalue weighted by Crippen LogP contribution is 2.27. The minimum atomic E-state index is -1.67. The smallest absolute Gasteiger partial charge is 0.223 e. The third-order valence-electron chi connectivity index (χ3n) is 5.76. The summed E-state index contributed by atoms with van der Waals surface area (Å²) in [4.78, 5) is 14.3. The number of benzene rings is 1. The number of carbonyl (C=O) groups excluding carboxylic acids is 1. The minimum absolute atomic E-state index is 0.228. The molecule has 1 aromatic carbocycles. The number of rotatable bonds is 10. The van der Waals surface area contributed by atoms with Gasteiger partial charge in [0.05, 0.1) is 6.04 Å². The number of unbranched alkanes of at least 4 members (excludes halogenated alkanes) is 4. The molecule has 29 heavy (non-hydrogen) atoms. The molecule has 164 valence electrons. The Hall–Kier alpha value is -1.51. The molecule has 7 heteroatoms. The van der Waals surface area contributed by atoms with Crippen molar-refractivity contribution in [2.75, 3.05) is 6.54 Å². The highest BCUT2D eigenvalue weighted by atomic mass is 16.4. The molecule has 0 spiro atoms. The summed E-state index contributed by atoms with van der Waals surface area (Å²) < 4.78 is 0. The lowest BCUT2D eigenvalue weighted by atomic mass is 9.82. The predicted octanol–water partition coefficient (Wildman–Crippen LogP) is 0.605. The summed E-state index contributed by atoms with van der Waals surface area (Å²) in [5.74, 6) is -0.240. The van der Waals surface area contributed by atoms with Crippen LogP contribution in [0.15, 0.2) is 30.3 Å². The maximum absolute atomic E-state index is 13.0. The van der Waals surface area contributed by atoms with Gasteiger partial charge in [-0.05, 0) is 18.4 Å². The highest BCUT2D eigenvalue weighted by molar-refractivity contribution is 5.76. The molecule has 0 aliphatic heterocycles. The summed E-state index contributed by atoms with van der Waals surface area (Å²) in [6.07, 6.45) is -2.40. The van der Waals surface area contributed by atoms with E-state index in [1.807, 2.05) is 30.3 Å². The summed E-state index contributed by atoms with van der Waals surface area (Å²) in [6.45, 7) is 2.35. The molecule has 0 bridgehead atoms. The van der Waals surface area contributed by atoms with Crippen molar-refractivity contribution in [3.8, 4) is 0 Å². The van der Waals surface area contributed by atoms with E-state index in [-0.39, 0.29) is 18.9 Å². The third kappa shape index (κ3) is 6.23. The lowest BCUT2D eigenvalue weighted by Crippen LogP contribution is -2.69. The maximum atomic E-state index is 13.0. The van der Waals surface area contributed by atoms with Gasteiger partial charge in [0.15, 0.2) is 0 Å². The topological polar surface area (TPSA) is 121 Å². The second-order valence-electron chi connectivity index (χ2n) is 7.93. The van der Waals surface area contributed by atoms with Crippen LogP contribution in [0.3, 0.4) is 0 Å². The van der Waals surface area contributed by atoms with Crippen LogP contribution < -0.4 is 0 Å². The number of aliphatic hydroxyl groups is 5. The molecule has 0 heterocycles. The number of hydrogen-bond donors (Lipinski definition) is 5. The van der Waals surface area contributed by atoms with Crippen LogP contribution >= 0.6 is 0 Å². The van der Waals surface area contributed by atoms with E-state index < -0.39 is 36.6 Å². The summed E-state index contributed by atoms with van der Waals surface area (Å²) in [5.41, 5.74) is 0.995. The molecular weight excluding hydrogens is 374 g/mol. The van der Waals surface area contributed by atoms with Gasteiger partial charge in [0.2, 0.25) is 5.91 Å². The minimum Gasteiger partial charge on any atom is -0.388 e. The van der Waals surface area contributed by atoms with Crippen LogP contribution in [0, 0.1) is 0 Å². The SMILES string of the molecule is CCCCCCCC(=O)N(CCc1ccccc1)C1[C@@H](O)[C@H](O)C(O)[C@H](O)[C@H]1O. The fourth-order valence-corrected chi connectivity index (χ4v) is 3.94. The van der Waals surface area contributed by atoms with Gasteiger partial charge in [0.25, 0.3) is 0 Å². The highest BCUT2D eigenvalue weighted by Gasteiger charge is 2.51. The Bertz CT molecular complexity index is 597. The van der Waals surface area contributed by atoms with Crippen LogP contribution in [0.4, 0.5) is 0 Å². The van der Waals surface area contributed by atoms with Crippen molar-refractivity contribution in [2.45, 2.75) is 88.4 Å². The third-order valence-corrected chi connectivity index (χ3v) is 5.76. The average Bonchev–Trinajstić information content (AvgIpc) is 2.73. The van der Waals surface area contributed by atoms with Crippen molar-refractivity contribution in [2.24, 2.45) is 0 Å². The summed E-state index contributed by atoms with van der Waals surface area (Å²) >= 11 is 0. The first-order valence-electron chi connectivity index (χ1n) is 10.6. The van der Waals surface area contributed by atoms with E-state index in [1.165, 1.54) is 4.90 Å². The summed E-state index contributed by atoms with van der Waals surface area (Å²) in [6, 6.07) is 8.34. The first-order valence-corrected chi connectivity index (χ1v) is 10.6. The Kier molecular flexibility index (Phi) is 9.52. The van der Waals surface area contributed by atoms with Crippen LogP contribution in [0.5, 0.6) is 0 Å². The van der Waals surface area contributed by atoms with Crippen molar-refractivity contribution in [1.82, 2.24) is 4.90 Å². The van der Waals surface area contributed by atoms with E-state index in [0.29, 0.717) is 12.8 Å². The van der Waals surface area contributed by atoms with Crippen LogP contribution in [-0.4, -0.2) is 79.4 Å². The van der Waals surface area contributed by atoms with Crippen molar-refractivity contribution < 1.29 is 30.3 Å². The van der Waals surface area contributed by atoms with Gasteiger partial charge in [-0.15, -0.1) is 0 Å². The first kappa shape index (κ1) is 23.8. The number of aliphatic hydroxyl groups excluding tert-OH is 5. The molecule has 1 aliphatic carbocycles. The predicted molar refractivity (Wildman–Crippen MR) is 109 cm³/mol. The van der Waals surface area contributed by atoms with Gasteiger partial charge in [-0.25, -0.2) is 0 Å². The van der Waals surface area contributed by atoms with Crippen LogP contribution in [0.1, 0.15) is 51.0 Å². The normalized spacial score (nSPS) is 29.6. The van der Waals surface area contributed by atoms with Crippen molar-refractivity contribution in [3.63, 3.8) is 0 Å². The van der Waals surface area contributed by atoms with Crippen LogP contribution in [0.2, 0.25) is 0 Å². The second-order valence-corrected chi connectivity index (χ2v) is 7.93. The summed E-state index contributed by atoms with van der Waals surface area (Å²) in [5, 5.41) is 51.0. The molecule has 1 fully saturated rings. The molecule has 7 nitrogen and oxygen atoms in total. The molecule has 1 saturated carbocycles. The van der Waals surface area contributed by atoms with Crippen molar-refractivity contribution in [1.29, 1.82) is 0 Å². The zero-order valence-electron chi connectivity index (χ0n) is 17.1. The molecule has 2 rings (SSSR count). The standard InChI is InChI=1S/C22H35NO6/c1-2-3-4-5-9-12-16(24)23(14-13-15-10-7-6-8-11-15)17-18(25)20(27)22(29)21(28)19(17)26/h6-8,10-11,17-22,25-29H,2-5,9,12-14H2,1H3/t17?,18-,19+,20+,21-,22?. The van der Waals surface area contributed by atoms with E-state index in [1.54, 1.807) is 0 Å². The Morgan fingerprint density at radius 1 is 0.828 bits per heavy atom.